The number of nitrogens with zero attached hydrogens (tertiary/aromatic N) is 1. The van der Waals surface area contributed by atoms with E-state index in [1.165, 1.54) is 0 Å². The molecule has 1 rings (SSSR count). The first-order chi connectivity index (χ1) is 6.84. The van der Waals surface area contributed by atoms with Crippen LogP contribution in [0.2, 0.25) is 0 Å². The molecule has 0 atom stereocenters. The minimum atomic E-state index is 0.620. The van der Waals surface area contributed by atoms with Crippen LogP contribution in [0.3, 0.4) is 0 Å². The highest BCUT2D eigenvalue weighted by molar-refractivity contribution is 14.1. The first kappa shape index (κ1) is 11.3. The van der Waals surface area contributed by atoms with Gasteiger partial charge in [0, 0.05) is 6.42 Å². The molecule has 14 heavy (non-hydrogen) atoms. The summed E-state index contributed by atoms with van der Waals surface area (Å²) in [5, 5.41) is 8.33. The SMILES string of the molecule is N#CCCCCOc1ccccc1I. The molecule has 0 aliphatic rings. The lowest BCUT2D eigenvalue weighted by Crippen LogP contribution is -1.98. The van der Waals surface area contributed by atoms with Crippen LogP contribution in [0, 0.1) is 14.9 Å². The number of nitriles is 1. The van der Waals surface area contributed by atoms with Crippen molar-refractivity contribution in [2.24, 2.45) is 0 Å². The standard InChI is InChI=1S/C11H12INO/c12-10-6-2-3-7-11(10)14-9-5-1-4-8-13/h2-3,6-7H,1,4-5,9H2. The third kappa shape index (κ3) is 3.97. The fourth-order valence-electron chi connectivity index (χ4n) is 1.05. The molecular weight excluding hydrogens is 289 g/mol. The first-order valence-electron chi connectivity index (χ1n) is 4.59. The largest absolute Gasteiger partial charge is 0.492 e. The van der Waals surface area contributed by atoms with E-state index in [-0.39, 0.29) is 0 Å². The Kier molecular flexibility index (Phi) is 5.38. The van der Waals surface area contributed by atoms with Crippen molar-refractivity contribution < 1.29 is 4.74 Å². The number of unbranched alkanes of at least 4 members (excludes halogenated alkanes) is 2. The van der Waals surface area contributed by atoms with Gasteiger partial charge < -0.3 is 4.74 Å². The molecule has 0 aliphatic heterocycles. The number of rotatable bonds is 5. The van der Waals surface area contributed by atoms with E-state index in [2.05, 4.69) is 28.7 Å². The monoisotopic (exact) mass is 301 g/mol. The minimum absolute atomic E-state index is 0.620. The summed E-state index contributed by atoms with van der Waals surface area (Å²) in [4.78, 5) is 0. The quantitative estimate of drug-likeness (QED) is 0.617. The summed E-state index contributed by atoms with van der Waals surface area (Å²) in [6, 6.07) is 10.1. The third-order valence-corrected chi connectivity index (χ3v) is 2.67. The molecule has 0 N–H and O–H groups in total. The van der Waals surface area contributed by atoms with Crippen LogP contribution in [-0.2, 0) is 0 Å². The Morgan fingerprint density at radius 3 is 2.79 bits per heavy atom. The van der Waals surface area contributed by atoms with Crippen molar-refractivity contribution in [3.8, 4) is 11.8 Å². The maximum Gasteiger partial charge on any atom is 0.132 e. The van der Waals surface area contributed by atoms with Crippen LogP contribution < -0.4 is 4.74 Å². The second-order valence-corrected chi connectivity index (χ2v) is 4.06. The van der Waals surface area contributed by atoms with Gasteiger partial charge in [0.05, 0.1) is 16.2 Å². The highest BCUT2D eigenvalue weighted by atomic mass is 127. The molecule has 0 spiro atoms. The molecule has 0 amide bonds. The Morgan fingerprint density at radius 1 is 1.29 bits per heavy atom. The molecular formula is C11H12INO. The molecule has 2 nitrogen and oxygen atoms in total. The lowest BCUT2D eigenvalue weighted by Gasteiger charge is -2.06. The average Bonchev–Trinajstić information content (AvgIpc) is 2.20. The maximum atomic E-state index is 8.33. The zero-order valence-electron chi connectivity index (χ0n) is 7.87. The van der Waals surface area contributed by atoms with Gasteiger partial charge in [0.2, 0.25) is 0 Å². The summed E-state index contributed by atoms with van der Waals surface area (Å²) in [5.41, 5.74) is 0. The van der Waals surface area contributed by atoms with E-state index in [1.54, 1.807) is 0 Å². The van der Waals surface area contributed by atoms with Crippen LogP contribution >= 0.6 is 22.6 Å². The van der Waals surface area contributed by atoms with Crippen LogP contribution in [0.25, 0.3) is 0 Å². The van der Waals surface area contributed by atoms with Gasteiger partial charge in [0.1, 0.15) is 5.75 Å². The summed E-state index contributed by atoms with van der Waals surface area (Å²) >= 11 is 2.25. The predicted octanol–water partition coefficient (Wildman–Crippen LogP) is 3.36. The number of benzene rings is 1. The van der Waals surface area contributed by atoms with Gasteiger partial charge in [-0.1, -0.05) is 12.1 Å². The Hall–Kier alpha value is -0.760. The predicted molar refractivity (Wildman–Crippen MR) is 64.1 cm³/mol. The Morgan fingerprint density at radius 2 is 2.07 bits per heavy atom. The van der Waals surface area contributed by atoms with Gasteiger partial charge in [-0.2, -0.15) is 5.26 Å². The number of para-hydroxylation sites is 1. The lowest BCUT2D eigenvalue weighted by molar-refractivity contribution is 0.305. The molecule has 0 heterocycles. The topological polar surface area (TPSA) is 33.0 Å². The number of hydrogen-bond acceptors (Lipinski definition) is 2. The van der Waals surface area contributed by atoms with Crippen LogP contribution in [0.15, 0.2) is 24.3 Å². The van der Waals surface area contributed by atoms with Crippen molar-refractivity contribution in [1.29, 1.82) is 5.26 Å². The van der Waals surface area contributed by atoms with Crippen molar-refractivity contribution in [3.63, 3.8) is 0 Å². The summed E-state index contributed by atoms with van der Waals surface area (Å²) in [5.74, 6) is 0.935. The van der Waals surface area contributed by atoms with Gasteiger partial charge in [-0.25, -0.2) is 0 Å². The normalized spacial score (nSPS) is 9.43. The highest BCUT2D eigenvalue weighted by Crippen LogP contribution is 2.19. The average molecular weight is 301 g/mol. The van der Waals surface area contributed by atoms with Crippen molar-refractivity contribution in [2.75, 3.05) is 6.61 Å². The summed E-state index contributed by atoms with van der Waals surface area (Å²) < 4.78 is 6.70. The van der Waals surface area contributed by atoms with Crippen molar-refractivity contribution >= 4 is 22.6 Å². The van der Waals surface area contributed by atoms with Crippen LogP contribution in [0.5, 0.6) is 5.75 Å². The van der Waals surface area contributed by atoms with Gasteiger partial charge in [-0.05, 0) is 47.6 Å². The Bertz CT molecular complexity index is 319. The highest BCUT2D eigenvalue weighted by Gasteiger charge is 1.97. The first-order valence-corrected chi connectivity index (χ1v) is 5.67. The fraction of sp³-hybridized carbons (Fsp3) is 0.364. The van der Waals surface area contributed by atoms with Crippen LogP contribution in [0.4, 0.5) is 0 Å². The zero-order chi connectivity index (χ0) is 10.2. The molecule has 1 aromatic rings. The van der Waals surface area contributed by atoms with E-state index >= 15 is 0 Å². The molecule has 0 radical (unpaired) electrons. The molecule has 0 aromatic heterocycles. The summed E-state index contributed by atoms with van der Waals surface area (Å²) in [6.45, 7) is 0.696. The van der Waals surface area contributed by atoms with E-state index in [0.717, 1.165) is 22.2 Å². The third-order valence-electron chi connectivity index (χ3n) is 1.78. The molecule has 0 bridgehead atoms. The van der Waals surface area contributed by atoms with Gasteiger partial charge in [-0.3, -0.25) is 0 Å². The molecule has 0 saturated heterocycles. The summed E-state index contributed by atoms with van der Waals surface area (Å²) in [7, 11) is 0. The molecule has 0 unspecified atom stereocenters. The number of hydrogen-bond donors (Lipinski definition) is 0. The lowest BCUT2D eigenvalue weighted by atomic mass is 10.2. The number of halogens is 1. The smallest absolute Gasteiger partial charge is 0.132 e. The molecule has 1 aromatic carbocycles. The Balaban J connectivity index is 2.25. The van der Waals surface area contributed by atoms with E-state index in [4.69, 9.17) is 10.00 Å². The summed E-state index contributed by atoms with van der Waals surface area (Å²) in [6.07, 6.45) is 2.48. The molecule has 0 saturated carbocycles. The maximum absolute atomic E-state index is 8.33. The van der Waals surface area contributed by atoms with E-state index in [9.17, 15) is 0 Å². The van der Waals surface area contributed by atoms with Crippen molar-refractivity contribution in [3.05, 3.63) is 27.8 Å². The second-order valence-electron chi connectivity index (χ2n) is 2.89. The van der Waals surface area contributed by atoms with Gasteiger partial charge >= 0.3 is 0 Å². The van der Waals surface area contributed by atoms with E-state index in [0.29, 0.717) is 13.0 Å². The van der Waals surface area contributed by atoms with Gasteiger partial charge in [-0.15, -0.1) is 0 Å². The van der Waals surface area contributed by atoms with E-state index < -0.39 is 0 Å². The number of ether oxygens (including phenoxy) is 1. The fourth-order valence-corrected chi connectivity index (χ4v) is 1.59. The molecule has 0 fully saturated rings. The van der Waals surface area contributed by atoms with Crippen molar-refractivity contribution in [1.82, 2.24) is 0 Å². The molecule has 3 heteroatoms. The van der Waals surface area contributed by atoms with E-state index in [1.807, 2.05) is 24.3 Å². The van der Waals surface area contributed by atoms with Gasteiger partial charge in [0.15, 0.2) is 0 Å². The minimum Gasteiger partial charge on any atom is -0.492 e. The second kappa shape index (κ2) is 6.66. The zero-order valence-corrected chi connectivity index (χ0v) is 10.0. The van der Waals surface area contributed by atoms with Crippen molar-refractivity contribution in [2.45, 2.75) is 19.3 Å². The molecule has 74 valence electrons. The Labute approximate surface area is 98.0 Å². The van der Waals surface area contributed by atoms with Crippen LogP contribution in [0.1, 0.15) is 19.3 Å². The van der Waals surface area contributed by atoms with Crippen LogP contribution in [-0.4, -0.2) is 6.61 Å². The van der Waals surface area contributed by atoms with Gasteiger partial charge in [0.25, 0.3) is 0 Å². The molecule has 0 aliphatic carbocycles.